The van der Waals surface area contributed by atoms with Gasteiger partial charge in [0.25, 0.3) is 0 Å². The van der Waals surface area contributed by atoms with Gasteiger partial charge in [-0.2, -0.15) is 11.3 Å². The van der Waals surface area contributed by atoms with Crippen LogP contribution in [0.3, 0.4) is 0 Å². The van der Waals surface area contributed by atoms with Gasteiger partial charge in [0.15, 0.2) is 0 Å². The van der Waals surface area contributed by atoms with E-state index in [2.05, 4.69) is 5.32 Å². The summed E-state index contributed by atoms with van der Waals surface area (Å²) < 4.78 is 0. The molecule has 0 spiro atoms. The number of thiophene rings is 1. The fourth-order valence-corrected chi connectivity index (χ4v) is 1.35. The van der Waals surface area contributed by atoms with Crippen molar-refractivity contribution in [3.05, 3.63) is 22.4 Å². The lowest BCUT2D eigenvalue weighted by Gasteiger charge is -2.08. The summed E-state index contributed by atoms with van der Waals surface area (Å²) in [6, 6.07) is 1.42. The van der Waals surface area contributed by atoms with Crippen LogP contribution in [-0.2, 0) is 6.54 Å². The number of amides is 2. The molecule has 0 saturated carbocycles. The molecule has 1 aromatic rings. The Morgan fingerprint density at radius 1 is 1.83 bits per heavy atom. The minimum Gasteiger partial charge on any atom is -0.332 e. The van der Waals surface area contributed by atoms with Crippen molar-refractivity contribution in [1.82, 2.24) is 10.4 Å². The van der Waals surface area contributed by atoms with Gasteiger partial charge in [0.05, 0.1) is 0 Å². The van der Waals surface area contributed by atoms with Crippen LogP contribution >= 0.6 is 11.3 Å². The van der Waals surface area contributed by atoms with E-state index in [1.165, 1.54) is 7.05 Å². The molecule has 0 radical (unpaired) electrons. The SMILES string of the molecule is CN(O)C(=O)NCc1ccsc1. The van der Waals surface area contributed by atoms with Crippen LogP contribution in [-0.4, -0.2) is 23.3 Å². The fraction of sp³-hybridized carbons (Fsp3) is 0.286. The van der Waals surface area contributed by atoms with Crippen LogP contribution in [0.15, 0.2) is 16.8 Å². The van der Waals surface area contributed by atoms with Crippen molar-refractivity contribution >= 4 is 17.4 Å². The molecule has 4 nitrogen and oxygen atoms in total. The molecule has 66 valence electrons. The summed E-state index contributed by atoms with van der Waals surface area (Å²) in [5.74, 6) is 0. The zero-order valence-electron chi connectivity index (χ0n) is 6.65. The standard InChI is InChI=1S/C7H10N2O2S/c1-9(11)7(10)8-4-6-2-3-12-5-6/h2-3,5,11H,4H2,1H3,(H,8,10). The molecular formula is C7H10N2O2S. The van der Waals surface area contributed by atoms with Gasteiger partial charge in [0.1, 0.15) is 0 Å². The lowest BCUT2D eigenvalue weighted by Crippen LogP contribution is -2.34. The first-order valence-electron chi connectivity index (χ1n) is 3.41. The Morgan fingerprint density at radius 3 is 3.08 bits per heavy atom. The van der Waals surface area contributed by atoms with Crippen LogP contribution in [0.2, 0.25) is 0 Å². The fourth-order valence-electron chi connectivity index (χ4n) is 0.685. The second kappa shape index (κ2) is 4.08. The maximum atomic E-state index is 10.8. The number of carbonyl (C=O) groups excluding carboxylic acids is 1. The summed E-state index contributed by atoms with van der Waals surface area (Å²) >= 11 is 1.57. The van der Waals surface area contributed by atoms with Crippen molar-refractivity contribution in [2.24, 2.45) is 0 Å². The van der Waals surface area contributed by atoms with E-state index in [1.807, 2.05) is 16.8 Å². The first-order chi connectivity index (χ1) is 5.70. The van der Waals surface area contributed by atoms with E-state index in [0.717, 1.165) is 5.56 Å². The Morgan fingerprint density at radius 2 is 2.58 bits per heavy atom. The molecule has 1 heterocycles. The average molecular weight is 186 g/mol. The van der Waals surface area contributed by atoms with Gasteiger partial charge in [-0.15, -0.1) is 0 Å². The number of nitrogens with zero attached hydrogens (tertiary/aromatic N) is 1. The van der Waals surface area contributed by atoms with Crippen LogP contribution in [0.5, 0.6) is 0 Å². The smallest absolute Gasteiger partial charge is 0.332 e. The van der Waals surface area contributed by atoms with E-state index in [0.29, 0.717) is 11.6 Å². The number of hydrogen-bond donors (Lipinski definition) is 2. The summed E-state index contributed by atoms with van der Waals surface area (Å²) in [7, 11) is 1.28. The molecular weight excluding hydrogens is 176 g/mol. The molecule has 2 N–H and O–H groups in total. The molecule has 0 saturated heterocycles. The third-order valence-electron chi connectivity index (χ3n) is 1.32. The summed E-state index contributed by atoms with van der Waals surface area (Å²) in [5, 5.41) is 15.6. The largest absolute Gasteiger partial charge is 0.341 e. The van der Waals surface area contributed by atoms with E-state index in [9.17, 15) is 4.79 Å². The highest BCUT2D eigenvalue weighted by atomic mass is 32.1. The molecule has 0 aliphatic carbocycles. The zero-order chi connectivity index (χ0) is 8.97. The molecule has 0 unspecified atom stereocenters. The summed E-state index contributed by atoms with van der Waals surface area (Å²) in [6.07, 6.45) is 0. The molecule has 0 aliphatic rings. The molecule has 1 aromatic heterocycles. The van der Waals surface area contributed by atoms with Crippen molar-refractivity contribution in [2.75, 3.05) is 7.05 Å². The Hall–Kier alpha value is -1.07. The van der Waals surface area contributed by atoms with Crippen molar-refractivity contribution in [1.29, 1.82) is 0 Å². The number of hydrogen-bond acceptors (Lipinski definition) is 3. The first-order valence-corrected chi connectivity index (χ1v) is 4.36. The lowest BCUT2D eigenvalue weighted by molar-refractivity contribution is -0.0184. The van der Waals surface area contributed by atoms with Gasteiger partial charge >= 0.3 is 6.03 Å². The normalized spacial score (nSPS) is 9.50. The summed E-state index contributed by atoms with van der Waals surface area (Å²) in [5.41, 5.74) is 1.04. The Balaban J connectivity index is 2.32. The topological polar surface area (TPSA) is 52.6 Å². The van der Waals surface area contributed by atoms with E-state index in [4.69, 9.17) is 5.21 Å². The lowest BCUT2D eigenvalue weighted by atomic mass is 10.3. The molecule has 0 aromatic carbocycles. The van der Waals surface area contributed by atoms with Gasteiger partial charge in [-0.05, 0) is 22.4 Å². The predicted molar refractivity (Wildman–Crippen MR) is 46.1 cm³/mol. The number of urea groups is 1. The quantitative estimate of drug-likeness (QED) is 0.540. The monoisotopic (exact) mass is 186 g/mol. The third kappa shape index (κ3) is 2.52. The highest BCUT2D eigenvalue weighted by molar-refractivity contribution is 7.07. The maximum Gasteiger partial charge on any atom is 0.341 e. The predicted octanol–water partition coefficient (Wildman–Crippen LogP) is 1.28. The zero-order valence-corrected chi connectivity index (χ0v) is 7.47. The van der Waals surface area contributed by atoms with E-state index in [1.54, 1.807) is 11.3 Å². The Labute approximate surface area is 74.4 Å². The molecule has 1 rings (SSSR count). The van der Waals surface area contributed by atoms with E-state index in [-0.39, 0.29) is 0 Å². The van der Waals surface area contributed by atoms with Gasteiger partial charge in [-0.25, -0.2) is 9.86 Å². The minimum absolute atomic E-state index is 0.452. The second-order valence-electron chi connectivity index (χ2n) is 2.31. The Bertz CT molecular complexity index is 246. The third-order valence-corrected chi connectivity index (χ3v) is 2.05. The van der Waals surface area contributed by atoms with Crippen molar-refractivity contribution in [3.63, 3.8) is 0 Å². The van der Waals surface area contributed by atoms with Crippen LogP contribution in [0, 0.1) is 0 Å². The molecule has 5 heteroatoms. The molecule has 0 fully saturated rings. The van der Waals surface area contributed by atoms with Crippen LogP contribution in [0.25, 0.3) is 0 Å². The Kier molecular flexibility index (Phi) is 3.07. The minimum atomic E-state index is -0.499. The molecule has 2 amide bonds. The van der Waals surface area contributed by atoms with Crippen LogP contribution in [0.4, 0.5) is 4.79 Å². The van der Waals surface area contributed by atoms with Gasteiger partial charge in [-0.1, -0.05) is 0 Å². The van der Waals surface area contributed by atoms with E-state index < -0.39 is 6.03 Å². The highest BCUT2D eigenvalue weighted by Gasteiger charge is 2.03. The van der Waals surface area contributed by atoms with Gasteiger partial charge < -0.3 is 5.32 Å². The summed E-state index contributed by atoms with van der Waals surface area (Å²) in [6.45, 7) is 0.452. The van der Waals surface area contributed by atoms with E-state index >= 15 is 0 Å². The summed E-state index contributed by atoms with van der Waals surface area (Å²) in [4.78, 5) is 10.8. The van der Waals surface area contributed by atoms with Crippen LogP contribution in [0.1, 0.15) is 5.56 Å². The van der Waals surface area contributed by atoms with Crippen molar-refractivity contribution < 1.29 is 10.0 Å². The van der Waals surface area contributed by atoms with Gasteiger partial charge in [0.2, 0.25) is 0 Å². The van der Waals surface area contributed by atoms with Crippen molar-refractivity contribution in [2.45, 2.75) is 6.54 Å². The molecule has 0 aliphatic heterocycles. The molecule has 0 atom stereocenters. The molecule has 12 heavy (non-hydrogen) atoms. The average Bonchev–Trinajstić information content (AvgIpc) is 2.51. The number of carbonyl (C=O) groups is 1. The van der Waals surface area contributed by atoms with Gasteiger partial charge in [0, 0.05) is 13.6 Å². The second-order valence-corrected chi connectivity index (χ2v) is 3.09. The number of hydroxylamine groups is 2. The van der Waals surface area contributed by atoms with Crippen LogP contribution < -0.4 is 5.32 Å². The van der Waals surface area contributed by atoms with Gasteiger partial charge in [-0.3, -0.25) is 5.21 Å². The van der Waals surface area contributed by atoms with Crippen molar-refractivity contribution in [3.8, 4) is 0 Å². The molecule has 0 bridgehead atoms. The highest BCUT2D eigenvalue weighted by Crippen LogP contribution is 2.04. The first kappa shape index (κ1) is 9.02. The maximum absolute atomic E-state index is 10.8. The number of nitrogens with one attached hydrogen (secondary N) is 1. The number of rotatable bonds is 2.